The molecule has 0 saturated carbocycles. The number of piperidine rings is 1. The molecule has 1 atom stereocenters. The van der Waals surface area contributed by atoms with Gasteiger partial charge in [0.1, 0.15) is 0 Å². The first-order valence-corrected chi connectivity index (χ1v) is 10.7. The number of alkyl halides is 3. The van der Waals surface area contributed by atoms with E-state index in [2.05, 4.69) is 15.1 Å². The number of hydrogen-bond donors (Lipinski definition) is 2. The first kappa shape index (κ1) is 21.1. The predicted octanol–water partition coefficient (Wildman–Crippen LogP) is 2.44. The van der Waals surface area contributed by atoms with E-state index in [1.165, 1.54) is 21.8 Å². The van der Waals surface area contributed by atoms with Crippen molar-refractivity contribution in [1.82, 2.24) is 19.4 Å². The van der Waals surface area contributed by atoms with Crippen molar-refractivity contribution >= 4 is 21.7 Å². The number of halogens is 3. The van der Waals surface area contributed by atoms with Gasteiger partial charge < -0.3 is 10.2 Å². The number of aromatic nitrogens is 2. The van der Waals surface area contributed by atoms with Gasteiger partial charge in [0.15, 0.2) is 0 Å². The summed E-state index contributed by atoms with van der Waals surface area (Å²) in [5, 5.41) is 6.52. The van der Waals surface area contributed by atoms with Crippen LogP contribution in [0.5, 0.6) is 0 Å². The zero-order valence-corrected chi connectivity index (χ0v) is 16.3. The molecule has 0 bridgehead atoms. The lowest BCUT2D eigenvalue weighted by atomic mass is 10.1. The fourth-order valence-electron chi connectivity index (χ4n) is 3.18. The van der Waals surface area contributed by atoms with Crippen LogP contribution >= 0.6 is 0 Å². The molecule has 0 radical (unpaired) electrons. The first-order valence-electron chi connectivity index (χ1n) is 8.77. The van der Waals surface area contributed by atoms with Crippen molar-refractivity contribution in [3.05, 3.63) is 42.2 Å². The van der Waals surface area contributed by atoms with Crippen LogP contribution < -0.4 is 10.0 Å². The molecular weight excluding hydrogens is 411 g/mol. The second-order valence-electron chi connectivity index (χ2n) is 6.79. The molecule has 2 N–H and O–H groups in total. The second-order valence-corrected chi connectivity index (χ2v) is 8.57. The van der Waals surface area contributed by atoms with E-state index in [1.807, 2.05) is 0 Å². The molecular formula is C17H20F3N5O3S. The highest BCUT2D eigenvalue weighted by atomic mass is 32.2. The molecule has 1 fully saturated rings. The molecule has 1 aliphatic heterocycles. The molecule has 12 heteroatoms. The summed E-state index contributed by atoms with van der Waals surface area (Å²) in [4.78, 5) is 14.1. The molecule has 1 saturated heterocycles. The van der Waals surface area contributed by atoms with E-state index in [4.69, 9.17) is 0 Å². The number of urea groups is 1. The summed E-state index contributed by atoms with van der Waals surface area (Å²) >= 11 is 0. The fraction of sp³-hybridized carbons (Fsp3) is 0.412. The number of anilines is 1. The van der Waals surface area contributed by atoms with Crippen LogP contribution in [-0.2, 0) is 16.2 Å². The Kier molecular flexibility index (Phi) is 5.85. The van der Waals surface area contributed by atoms with Crippen molar-refractivity contribution in [1.29, 1.82) is 0 Å². The van der Waals surface area contributed by atoms with Crippen molar-refractivity contribution < 1.29 is 26.4 Å². The highest BCUT2D eigenvalue weighted by Crippen LogP contribution is 2.33. The molecule has 2 aromatic rings. The lowest BCUT2D eigenvalue weighted by Gasteiger charge is -2.33. The quantitative estimate of drug-likeness (QED) is 0.777. The molecule has 158 valence electrons. The summed E-state index contributed by atoms with van der Waals surface area (Å²) in [6.07, 6.45) is 0.609. The van der Waals surface area contributed by atoms with Gasteiger partial charge in [0.2, 0.25) is 10.0 Å². The summed E-state index contributed by atoms with van der Waals surface area (Å²) in [5.74, 6) is 0. The Morgan fingerprint density at radius 1 is 1.31 bits per heavy atom. The number of sulfonamides is 1. The van der Waals surface area contributed by atoms with Crippen LogP contribution in [-0.4, -0.2) is 54.5 Å². The van der Waals surface area contributed by atoms with Crippen molar-refractivity contribution in [2.24, 2.45) is 0 Å². The Labute approximate surface area is 165 Å². The average Bonchev–Trinajstić information content (AvgIpc) is 3.14. The van der Waals surface area contributed by atoms with Gasteiger partial charge in [-0.05, 0) is 37.1 Å². The number of benzene rings is 1. The Hall–Kier alpha value is -2.60. The third-order valence-corrected chi connectivity index (χ3v) is 5.17. The zero-order valence-electron chi connectivity index (χ0n) is 15.5. The molecule has 0 spiro atoms. The number of rotatable bonds is 4. The number of carbonyl (C=O) groups excluding carboxylic acids is 1. The van der Waals surface area contributed by atoms with Crippen molar-refractivity contribution in [3.63, 3.8) is 0 Å². The minimum absolute atomic E-state index is 0.0493. The fourth-order valence-corrected chi connectivity index (χ4v) is 3.98. The third-order valence-electron chi connectivity index (χ3n) is 4.41. The summed E-state index contributed by atoms with van der Waals surface area (Å²) in [6.45, 7) is 0.485. The van der Waals surface area contributed by atoms with Crippen molar-refractivity contribution in [2.75, 3.05) is 24.7 Å². The van der Waals surface area contributed by atoms with Crippen molar-refractivity contribution in [2.45, 2.75) is 25.1 Å². The van der Waals surface area contributed by atoms with Crippen LogP contribution in [0.3, 0.4) is 0 Å². The van der Waals surface area contributed by atoms with Gasteiger partial charge in [-0.1, -0.05) is 0 Å². The van der Waals surface area contributed by atoms with Crippen molar-refractivity contribution in [3.8, 4) is 5.69 Å². The lowest BCUT2D eigenvalue weighted by Crippen LogP contribution is -2.50. The van der Waals surface area contributed by atoms with E-state index < -0.39 is 33.8 Å². The number of amides is 2. The summed E-state index contributed by atoms with van der Waals surface area (Å²) < 4.78 is 66.1. The maximum Gasteiger partial charge on any atom is 0.416 e. The van der Waals surface area contributed by atoms with Crippen LogP contribution in [0.4, 0.5) is 23.7 Å². The van der Waals surface area contributed by atoms with E-state index in [1.54, 1.807) is 12.3 Å². The predicted molar refractivity (Wildman–Crippen MR) is 100 cm³/mol. The summed E-state index contributed by atoms with van der Waals surface area (Å²) in [6, 6.07) is 3.55. The van der Waals surface area contributed by atoms with E-state index in [9.17, 15) is 26.4 Å². The number of nitrogens with zero attached hydrogens (tertiary/aromatic N) is 3. The molecule has 2 heterocycles. The Balaban J connectivity index is 1.83. The Morgan fingerprint density at radius 2 is 2.07 bits per heavy atom. The molecule has 2 amide bonds. The molecule has 29 heavy (non-hydrogen) atoms. The number of carbonyl (C=O) groups is 1. The van der Waals surface area contributed by atoms with Crippen LogP contribution in [0.25, 0.3) is 5.69 Å². The normalized spacial score (nSPS) is 17.9. The monoisotopic (exact) mass is 431 g/mol. The lowest BCUT2D eigenvalue weighted by molar-refractivity contribution is -0.137. The first-order chi connectivity index (χ1) is 13.5. The largest absolute Gasteiger partial charge is 0.416 e. The second kappa shape index (κ2) is 8.03. The number of likely N-dealkylation sites (tertiary alicyclic amines) is 1. The smallest absolute Gasteiger partial charge is 0.323 e. The molecule has 0 unspecified atom stereocenters. The van der Waals surface area contributed by atoms with Crippen LogP contribution in [0.2, 0.25) is 0 Å². The molecule has 1 aromatic heterocycles. The van der Waals surface area contributed by atoms with E-state index in [0.717, 1.165) is 18.4 Å². The van der Waals surface area contributed by atoms with Gasteiger partial charge in [-0.2, -0.15) is 18.3 Å². The Bertz CT molecular complexity index is 977. The topological polar surface area (TPSA) is 96.3 Å². The van der Waals surface area contributed by atoms with E-state index >= 15 is 0 Å². The van der Waals surface area contributed by atoms with E-state index in [0.29, 0.717) is 19.4 Å². The van der Waals surface area contributed by atoms with Gasteiger partial charge in [0.25, 0.3) is 0 Å². The minimum atomic E-state index is -4.57. The summed E-state index contributed by atoms with van der Waals surface area (Å²) in [5.41, 5.74) is -0.676. The number of nitrogens with one attached hydrogen (secondary N) is 2. The van der Waals surface area contributed by atoms with Gasteiger partial charge in [0.05, 0.1) is 23.2 Å². The molecule has 1 aromatic carbocycles. The SMILES string of the molecule is CS(=O)(=O)N[C@@H]1CCCN(C(=O)Nc2cc(C(F)(F)F)ccc2-n2cccn2)C1. The molecule has 0 aliphatic carbocycles. The maximum absolute atomic E-state index is 13.1. The maximum atomic E-state index is 13.1. The average molecular weight is 431 g/mol. The standard InChI is InChI=1S/C17H20F3N5O3S/c1-29(27,28)23-13-4-2-8-24(11-13)16(26)22-14-10-12(17(18,19)20)5-6-15(14)25-9-3-7-21-25/h3,5-7,9-10,13,23H,2,4,8,11H2,1H3,(H,22,26)/t13-/m1/s1. The molecule has 3 rings (SSSR count). The van der Waals surface area contributed by atoms with Gasteiger partial charge >= 0.3 is 12.2 Å². The molecule has 1 aliphatic rings. The van der Waals surface area contributed by atoms with Crippen LogP contribution in [0.1, 0.15) is 18.4 Å². The van der Waals surface area contributed by atoms with E-state index in [-0.39, 0.29) is 17.9 Å². The third kappa shape index (κ3) is 5.48. The number of hydrogen-bond acceptors (Lipinski definition) is 4. The summed E-state index contributed by atoms with van der Waals surface area (Å²) in [7, 11) is -3.44. The van der Waals surface area contributed by atoms with Gasteiger partial charge in [0, 0.05) is 31.5 Å². The van der Waals surface area contributed by atoms with Gasteiger partial charge in [-0.15, -0.1) is 0 Å². The van der Waals surface area contributed by atoms with Gasteiger partial charge in [-0.25, -0.2) is 22.6 Å². The highest BCUT2D eigenvalue weighted by Gasteiger charge is 2.32. The van der Waals surface area contributed by atoms with Crippen LogP contribution in [0, 0.1) is 0 Å². The Morgan fingerprint density at radius 3 is 2.69 bits per heavy atom. The molecule has 8 nitrogen and oxygen atoms in total. The minimum Gasteiger partial charge on any atom is -0.323 e. The zero-order chi connectivity index (χ0) is 21.2. The van der Waals surface area contributed by atoms with Crippen LogP contribution in [0.15, 0.2) is 36.7 Å². The van der Waals surface area contributed by atoms with Gasteiger partial charge in [-0.3, -0.25) is 0 Å². The highest BCUT2D eigenvalue weighted by molar-refractivity contribution is 7.88.